The third-order valence-electron chi connectivity index (χ3n) is 6.69. The normalized spacial score (nSPS) is 11.5. The van der Waals surface area contributed by atoms with E-state index in [-0.39, 0.29) is 21.1 Å². The van der Waals surface area contributed by atoms with Crippen LogP contribution < -0.4 is 4.74 Å². The molecule has 20 nitrogen and oxygen atoms in total. The molecule has 0 aliphatic carbocycles. The van der Waals surface area contributed by atoms with Gasteiger partial charge in [-0.25, -0.2) is 4.98 Å². The molecule has 0 aliphatic rings. The number of nitrogens with one attached hydrogen (secondary N) is 1. The Hall–Kier alpha value is -6.65. The van der Waals surface area contributed by atoms with E-state index in [1.54, 1.807) is 17.1 Å². The van der Waals surface area contributed by atoms with Gasteiger partial charge in [0.05, 0.1) is 6.20 Å². The van der Waals surface area contributed by atoms with Gasteiger partial charge in [-0.15, -0.1) is 35.7 Å². The Balaban J connectivity index is 0.000000290. The van der Waals surface area contributed by atoms with Gasteiger partial charge < -0.3 is 9.30 Å². The molecule has 0 spiro atoms. The molecule has 0 amide bonds. The minimum Gasteiger partial charge on any atom is -0.509 e. The topological polar surface area (TPSA) is 247 Å². The van der Waals surface area contributed by atoms with Crippen molar-refractivity contribution in [2.45, 2.75) is 0 Å². The quantitative estimate of drug-likeness (QED) is 0.0754. The fourth-order valence-electron chi connectivity index (χ4n) is 4.73. The number of pyridine rings is 2. The summed E-state index contributed by atoms with van der Waals surface area (Å²) in [5.74, 6) is 2.00. The zero-order chi connectivity index (χ0) is 35.8. The fourth-order valence-corrected chi connectivity index (χ4v) is 4.90. The first-order valence-electron chi connectivity index (χ1n) is 14.6. The Morgan fingerprint density at radius 2 is 1.43 bits per heavy atom. The minimum absolute atomic E-state index is 0. The van der Waals surface area contributed by atoms with Gasteiger partial charge >= 0.3 is 104 Å². The predicted octanol–water partition coefficient (Wildman–Crippen LogP) is 9.20. The third kappa shape index (κ3) is 9.99. The molecule has 0 saturated heterocycles. The molecule has 0 bridgehead atoms. The number of benzene rings is 3. The van der Waals surface area contributed by atoms with E-state index in [1.807, 2.05) is 85.3 Å². The zero-order valence-corrected chi connectivity index (χ0v) is 31.1. The summed E-state index contributed by atoms with van der Waals surface area (Å²) in [6.07, 6.45) is 9.14. The van der Waals surface area contributed by atoms with Crippen LogP contribution in [0.1, 0.15) is 0 Å². The molecule has 7 rings (SSSR count). The first-order chi connectivity index (χ1) is 25.7. The van der Waals surface area contributed by atoms with Gasteiger partial charge in [0.25, 0.3) is 0 Å². The maximum atomic E-state index is 9.80. The average molecular weight is 1070 g/mol. The van der Waals surface area contributed by atoms with Gasteiger partial charge in [-0.1, -0.05) is 35.8 Å². The van der Waals surface area contributed by atoms with Crippen LogP contribution >= 0.6 is 0 Å². The average Bonchev–Trinajstić information content (AvgIpc) is 3.82. The van der Waals surface area contributed by atoms with Gasteiger partial charge in [0.15, 0.2) is 0 Å². The summed E-state index contributed by atoms with van der Waals surface area (Å²) in [5, 5.41) is 38.4. The summed E-state index contributed by atoms with van der Waals surface area (Å²) in [4.78, 5) is 8.78. The summed E-state index contributed by atoms with van der Waals surface area (Å²) in [6.45, 7) is 0. The van der Waals surface area contributed by atoms with Crippen LogP contribution in [-0.2, 0) is 42.8 Å². The number of para-hydroxylation sites is 1. The van der Waals surface area contributed by atoms with Crippen molar-refractivity contribution in [1.29, 1.82) is 5.53 Å². The maximum Gasteiger partial charge on any atom is 2.00 e. The molecule has 22 heteroatoms. The molecular weight excluding hydrogens is 1050 g/mol. The monoisotopic (exact) mass is 1070 g/mol. The molecule has 0 atom stereocenters. The second-order valence-electron chi connectivity index (χ2n) is 9.66. The van der Waals surface area contributed by atoms with Crippen molar-refractivity contribution >= 4 is 21.8 Å². The molecule has 0 radical (unpaired) electrons. The van der Waals surface area contributed by atoms with Gasteiger partial charge in [-0.3, -0.25) is 9.67 Å². The number of hydrogen-bond acceptors (Lipinski definition) is 7. The maximum absolute atomic E-state index is 9.80. The molecule has 4 heterocycles. The summed E-state index contributed by atoms with van der Waals surface area (Å²) in [6, 6.07) is 34.6. The van der Waals surface area contributed by atoms with E-state index in [0.717, 1.165) is 44.4 Å². The van der Waals surface area contributed by atoms with Crippen molar-refractivity contribution in [3.63, 3.8) is 0 Å². The van der Waals surface area contributed by atoms with E-state index >= 15 is 0 Å². The summed E-state index contributed by atoms with van der Waals surface area (Å²) >= 11 is -1.56. The molecule has 53 heavy (non-hydrogen) atoms. The Bertz CT molecular complexity index is 2500. The number of fused-ring (bicyclic) bond motifs is 3. The van der Waals surface area contributed by atoms with Crippen LogP contribution in [0.4, 0.5) is 0 Å². The molecular formula is C31H20N18O2Pt2. The summed E-state index contributed by atoms with van der Waals surface area (Å²) in [5.41, 5.74) is 10.9. The number of hydrogen-bond donors (Lipinski definition) is 1. The van der Waals surface area contributed by atoms with Gasteiger partial charge in [0.2, 0.25) is 0 Å². The van der Waals surface area contributed by atoms with Crippen LogP contribution in [0.3, 0.4) is 0 Å². The number of ether oxygens (including phenoxy) is 1. The SMILES string of the molecule is N=N/N=N/N=N/N=N/N=N/N=N/[N]=[Pt]=[O].[Pt+2].[c-]1c(Oc2[c-]c3c(cc2)c2ccccc2n3-c2ccccn2)cccc1-n1cc(-c2cccnc2)cn1. The largest absolute Gasteiger partial charge is 2.00 e. The molecule has 0 saturated carbocycles. The van der Waals surface area contributed by atoms with Crippen LogP contribution in [0.2, 0.25) is 0 Å². The smallest absolute Gasteiger partial charge is 0.509 e. The van der Waals surface area contributed by atoms with Gasteiger partial charge in [0, 0.05) is 52.9 Å². The van der Waals surface area contributed by atoms with Crippen molar-refractivity contribution in [3.05, 3.63) is 128 Å². The van der Waals surface area contributed by atoms with Gasteiger partial charge in [-0.05, 0) is 35.3 Å². The van der Waals surface area contributed by atoms with Crippen LogP contribution in [-0.4, -0.2) is 24.3 Å². The molecule has 4 aromatic heterocycles. The van der Waals surface area contributed by atoms with Gasteiger partial charge in [0.1, 0.15) is 5.82 Å². The van der Waals surface area contributed by atoms with Crippen LogP contribution in [0.25, 0.3) is 44.4 Å². The van der Waals surface area contributed by atoms with Crippen LogP contribution in [0.5, 0.6) is 11.5 Å². The number of nitrogens with zero attached hydrogens (tertiary/aromatic N) is 17. The van der Waals surface area contributed by atoms with Crippen molar-refractivity contribution < 1.29 is 47.5 Å². The van der Waals surface area contributed by atoms with E-state index < -0.39 is 18.3 Å². The molecule has 0 fully saturated rings. The standard InChI is InChI=1S/C31H19N5O.HN13.O.2Pt/c1-2-11-29-27(10-1)28-14-13-26(18-30(28)36(29)31-12-3-4-16-33-31)37-25-9-5-8-24(17-25)35-21-23(20-34-35)22-7-6-15-32-19-22;1-3-5-7-9-11-13-12-10-8-6-4-2;;;/h1-16,19-21H;1H;;;/q-2;;;;+2/b;3-1?,6-4+,7-5+,10-8+,11-9+,13-12+;;;. The Morgan fingerprint density at radius 1 is 0.679 bits per heavy atom. The second kappa shape index (κ2) is 19.7. The minimum atomic E-state index is -1.56. The van der Waals surface area contributed by atoms with Crippen molar-refractivity contribution in [3.8, 4) is 34.1 Å². The van der Waals surface area contributed by atoms with E-state index in [4.69, 9.17) is 10.3 Å². The predicted molar refractivity (Wildman–Crippen MR) is 176 cm³/mol. The zero-order valence-electron chi connectivity index (χ0n) is 26.5. The molecule has 266 valence electrons. The molecule has 3 aromatic carbocycles. The van der Waals surface area contributed by atoms with Crippen LogP contribution in [0.15, 0.2) is 177 Å². The van der Waals surface area contributed by atoms with Crippen LogP contribution in [0, 0.1) is 17.7 Å². The van der Waals surface area contributed by atoms with E-state index in [9.17, 15) is 3.40 Å². The molecule has 1 N–H and O–H groups in total. The van der Waals surface area contributed by atoms with Gasteiger partial charge in [-0.2, -0.15) is 22.8 Å². The Morgan fingerprint density at radius 3 is 2.17 bits per heavy atom. The molecule has 0 aliphatic heterocycles. The summed E-state index contributed by atoms with van der Waals surface area (Å²) in [7, 11) is 0. The first kappa shape index (κ1) is 37.6. The van der Waals surface area contributed by atoms with E-state index in [2.05, 4.69) is 111 Å². The Kier molecular flexibility index (Phi) is 13.9. The Labute approximate surface area is 320 Å². The van der Waals surface area contributed by atoms with E-state index in [1.165, 1.54) is 0 Å². The van der Waals surface area contributed by atoms with Crippen molar-refractivity contribution in [1.82, 2.24) is 24.3 Å². The number of aromatic nitrogens is 5. The van der Waals surface area contributed by atoms with E-state index in [0.29, 0.717) is 11.5 Å². The molecule has 0 unspecified atom stereocenters. The van der Waals surface area contributed by atoms with Crippen molar-refractivity contribution in [2.24, 2.45) is 61.1 Å². The first-order valence-corrected chi connectivity index (χ1v) is 16.5. The van der Waals surface area contributed by atoms with Crippen molar-refractivity contribution in [2.75, 3.05) is 0 Å². The number of rotatable bonds is 11. The molecule has 7 aromatic rings. The summed E-state index contributed by atoms with van der Waals surface area (Å²) < 4.78 is 23.0. The third-order valence-corrected chi connectivity index (χ3v) is 7.08. The second-order valence-corrected chi connectivity index (χ2v) is 10.5. The fraction of sp³-hybridized carbons (Fsp3) is 0.